The van der Waals surface area contributed by atoms with Crippen LogP contribution in [-0.2, 0) is 13.1 Å². The first-order chi connectivity index (χ1) is 10.2. The number of rotatable bonds is 4. The fraction of sp³-hybridized carbons (Fsp3) is 0.133. The number of fused-ring (bicyclic) bond motifs is 1. The van der Waals surface area contributed by atoms with E-state index in [9.17, 15) is 4.79 Å². The molecule has 5 nitrogen and oxygen atoms in total. The number of pyridine rings is 1. The molecule has 0 saturated carbocycles. The van der Waals surface area contributed by atoms with Gasteiger partial charge in [0.1, 0.15) is 0 Å². The third kappa shape index (κ3) is 3.09. The van der Waals surface area contributed by atoms with Crippen LogP contribution in [0.4, 0.5) is 0 Å². The van der Waals surface area contributed by atoms with E-state index in [2.05, 4.69) is 20.3 Å². The Balaban J connectivity index is 1.71. The molecular formula is C15H13ClN4O. The van der Waals surface area contributed by atoms with Crippen LogP contribution in [0.3, 0.4) is 0 Å². The molecule has 0 unspecified atom stereocenters. The summed E-state index contributed by atoms with van der Waals surface area (Å²) >= 11 is 6.10. The van der Waals surface area contributed by atoms with Crippen LogP contribution in [0.2, 0.25) is 5.02 Å². The van der Waals surface area contributed by atoms with Crippen LogP contribution in [0.1, 0.15) is 11.1 Å². The van der Waals surface area contributed by atoms with Crippen molar-refractivity contribution in [1.29, 1.82) is 0 Å². The summed E-state index contributed by atoms with van der Waals surface area (Å²) in [5.74, 6) is 0. The number of halogens is 1. The van der Waals surface area contributed by atoms with Crippen molar-refractivity contribution in [3.05, 3.63) is 69.4 Å². The summed E-state index contributed by atoms with van der Waals surface area (Å²) in [6.07, 6.45) is 3.06. The number of H-pyrrole nitrogens is 1. The van der Waals surface area contributed by atoms with E-state index in [4.69, 9.17) is 11.6 Å². The number of nitrogens with zero attached hydrogens (tertiary/aromatic N) is 2. The maximum absolute atomic E-state index is 11.5. The molecule has 0 spiro atoms. The van der Waals surface area contributed by atoms with Crippen LogP contribution in [0.25, 0.3) is 11.0 Å². The first-order valence-corrected chi connectivity index (χ1v) is 6.88. The van der Waals surface area contributed by atoms with E-state index in [1.165, 1.54) is 6.33 Å². The highest BCUT2D eigenvalue weighted by molar-refractivity contribution is 6.31. The van der Waals surface area contributed by atoms with Crippen molar-refractivity contribution >= 4 is 22.6 Å². The largest absolute Gasteiger partial charge is 0.311 e. The molecule has 1 aromatic carbocycles. The molecule has 0 aliphatic carbocycles. The Morgan fingerprint density at radius 2 is 2.05 bits per heavy atom. The summed E-state index contributed by atoms with van der Waals surface area (Å²) in [6.45, 7) is 1.29. The molecule has 6 heteroatoms. The van der Waals surface area contributed by atoms with Crippen LogP contribution in [0, 0.1) is 0 Å². The minimum absolute atomic E-state index is 0.226. The smallest absolute Gasteiger partial charge is 0.277 e. The van der Waals surface area contributed by atoms with Gasteiger partial charge in [0.25, 0.3) is 5.56 Å². The molecule has 2 heterocycles. The number of hydrogen-bond donors (Lipinski definition) is 2. The lowest BCUT2D eigenvalue weighted by molar-refractivity contribution is 0.692. The van der Waals surface area contributed by atoms with Gasteiger partial charge in [-0.15, -0.1) is 0 Å². The lowest BCUT2D eigenvalue weighted by Gasteiger charge is -2.07. The second-order valence-corrected chi connectivity index (χ2v) is 5.05. The molecule has 0 fully saturated rings. The molecule has 0 bridgehead atoms. The highest BCUT2D eigenvalue weighted by Crippen LogP contribution is 2.14. The van der Waals surface area contributed by atoms with Crippen molar-refractivity contribution in [2.75, 3.05) is 0 Å². The van der Waals surface area contributed by atoms with E-state index < -0.39 is 0 Å². The van der Waals surface area contributed by atoms with Crippen molar-refractivity contribution in [1.82, 2.24) is 20.3 Å². The molecule has 0 amide bonds. The summed E-state index contributed by atoms with van der Waals surface area (Å²) in [4.78, 5) is 22.3. The normalized spacial score (nSPS) is 10.9. The summed E-state index contributed by atoms with van der Waals surface area (Å²) in [7, 11) is 0. The van der Waals surface area contributed by atoms with Gasteiger partial charge in [0.15, 0.2) is 5.52 Å². The highest BCUT2D eigenvalue weighted by atomic mass is 35.5. The third-order valence-electron chi connectivity index (χ3n) is 3.14. The molecule has 3 rings (SSSR count). The average Bonchev–Trinajstić information content (AvgIpc) is 2.49. The monoisotopic (exact) mass is 300 g/mol. The van der Waals surface area contributed by atoms with Gasteiger partial charge >= 0.3 is 0 Å². The fourth-order valence-electron chi connectivity index (χ4n) is 2.08. The average molecular weight is 301 g/mol. The van der Waals surface area contributed by atoms with Gasteiger partial charge in [-0.25, -0.2) is 9.97 Å². The van der Waals surface area contributed by atoms with Gasteiger partial charge in [0.2, 0.25) is 0 Å². The first-order valence-electron chi connectivity index (χ1n) is 6.50. The minimum atomic E-state index is -0.226. The maximum Gasteiger partial charge on any atom is 0.277 e. The molecule has 0 atom stereocenters. The van der Waals surface area contributed by atoms with Gasteiger partial charge in [-0.1, -0.05) is 29.8 Å². The molecule has 0 aliphatic rings. The quantitative estimate of drug-likeness (QED) is 0.775. The Kier molecular flexibility index (Phi) is 3.94. The third-order valence-corrected chi connectivity index (χ3v) is 3.51. The molecule has 0 aliphatic heterocycles. The molecule has 2 N–H and O–H groups in total. The highest BCUT2D eigenvalue weighted by Gasteiger charge is 2.03. The summed E-state index contributed by atoms with van der Waals surface area (Å²) in [5, 5.41) is 4.05. The predicted molar refractivity (Wildman–Crippen MR) is 82.2 cm³/mol. The Hall–Kier alpha value is -2.24. The van der Waals surface area contributed by atoms with Crippen molar-refractivity contribution in [2.45, 2.75) is 13.1 Å². The van der Waals surface area contributed by atoms with Crippen LogP contribution >= 0.6 is 11.6 Å². The van der Waals surface area contributed by atoms with E-state index in [1.807, 2.05) is 30.3 Å². The molecule has 0 radical (unpaired) electrons. The zero-order valence-electron chi connectivity index (χ0n) is 11.1. The van der Waals surface area contributed by atoms with Crippen LogP contribution < -0.4 is 10.9 Å². The Morgan fingerprint density at radius 1 is 1.19 bits per heavy atom. The summed E-state index contributed by atoms with van der Waals surface area (Å²) in [5.41, 5.74) is 2.73. The Morgan fingerprint density at radius 3 is 2.90 bits per heavy atom. The fourth-order valence-corrected chi connectivity index (χ4v) is 2.28. The van der Waals surface area contributed by atoms with E-state index in [0.717, 1.165) is 16.1 Å². The van der Waals surface area contributed by atoms with E-state index in [0.29, 0.717) is 24.1 Å². The topological polar surface area (TPSA) is 70.7 Å². The van der Waals surface area contributed by atoms with Gasteiger partial charge in [-0.2, -0.15) is 0 Å². The predicted octanol–water partition coefficient (Wildman–Crippen LogP) is 2.26. The standard InChI is InChI=1S/C15H13ClN4O/c16-12-4-2-1-3-11(12)8-17-6-10-5-13-14(18-7-10)15(21)20-9-19-13/h1-5,7,9,17H,6,8H2,(H,19,20,21). The second-order valence-electron chi connectivity index (χ2n) is 4.64. The number of nitrogens with one attached hydrogen (secondary N) is 2. The zero-order chi connectivity index (χ0) is 14.7. The van der Waals surface area contributed by atoms with Gasteiger partial charge in [0, 0.05) is 24.3 Å². The van der Waals surface area contributed by atoms with Crippen molar-refractivity contribution in [3.8, 4) is 0 Å². The van der Waals surface area contributed by atoms with Gasteiger partial charge in [0.05, 0.1) is 11.8 Å². The van der Waals surface area contributed by atoms with E-state index in [1.54, 1.807) is 6.20 Å². The zero-order valence-corrected chi connectivity index (χ0v) is 11.9. The van der Waals surface area contributed by atoms with Gasteiger partial charge in [-0.3, -0.25) is 4.79 Å². The van der Waals surface area contributed by atoms with Crippen molar-refractivity contribution < 1.29 is 0 Å². The SMILES string of the molecule is O=c1[nH]cnc2cc(CNCc3ccccc3Cl)cnc12. The lowest BCUT2D eigenvalue weighted by atomic mass is 10.2. The van der Waals surface area contributed by atoms with Gasteiger partial charge in [-0.05, 0) is 23.3 Å². The van der Waals surface area contributed by atoms with Crippen molar-refractivity contribution in [3.63, 3.8) is 0 Å². The summed E-state index contributed by atoms with van der Waals surface area (Å²) < 4.78 is 0. The molecule has 21 heavy (non-hydrogen) atoms. The lowest BCUT2D eigenvalue weighted by Crippen LogP contribution is -2.14. The molecule has 0 saturated heterocycles. The molecule has 106 valence electrons. The number of hydrogen-bond acceptors (Lipinski definition) is 4. The molecule has 3 aromatic rings. The van der Waals surface area contributed by atoms with Crippen LogP contribution in [0.5, 0.6) is 0 Å². The minimum Gasteiger partial charge on any atom is -0.311 e. The van der Waals surface area contributed by atoms with E-state index in [-0.39, 0.29) is 5.56 Å². The van der Waals surface area contributed by atoms with Crippen LogP contribution in [-0.4, -0.2) is 15.0 Å². The number of aromatic amines is 1. The van der Waals surface area contributed by atoms with Crippen molar-refractivity contribution in [2.24, 2.45) is 0 Å². The molecular weight excluding hydrogens is 288 g/mol. The van der Waals surface area contributed by atoms with Crippen LogP contribution in [0.15, 0.2) is 47.7 Å². The first kappa shape index (κ1) is 13.7. The van der Waals surface area contributed by atoms with E-state index >= 15 is 0 Å². The number of aromatic nitrogens is 3. The number of benzene rings is 1. The molecule has 2 aromatic heterocycles. The maximum atomic E-state index is 11.5. The Bertz CT molecular complexity index is 831. The summed E-state index contributed by atoms with van der Waals surface area (Å²) in [6, 6.07) is 9.57. The Labute approximate surface area is 126 Å². The second kappa shape index (κ2) is 6.03. The van der Waals surface area contributed by atoms with Gasteiger partial charge < -0.3 is 10.3 Å².